The van der Waals surface area contributed by atoms with Gasteiger partial charge in [0.15, 0.2) is 17.1 Å². The lowest BCUT2D eigenvalue weighted by atomic mass is 10.2. The molecule has 1 aromatic carbocycles. The lowest BCUT2D eigenvalue weighted by Gasteiger charge is -2.17. The van der Waals surface area contributed by atoms with Crippen molar-refractivity contribution in [3.8, 4) is 34.6 Å². The van der Waals surface area contributed by atoms with Crippen LogP contribution in [0.2, 0.25) is 0 Å². The topological polar surface area (TPSA) is 157 Å². The van der Waals surface area contributed by atoms with Gasteiger partial charge in [0.05, 0.1) is 45.4 Å². The number of rotatable bonds is 10. The van der Waals surface area contributed by atoms with E-state index in [1.807, 2.05) is 6.92 Å². The van der Waals surface area contributed by atoms with Gasteiger partial charge < -0.3 is 23.9 Å². The van der Waals surface area contributed by atoms with E-state index in [9.17, 15) is 13.9 Å². The van der Waals surface area contributed by atoms with E-state index in [1.165, 1.54) is 14.2 Å². The molecule has 0 spiro atoms. The Kier molecular flexibility index (Phi) is 7.51. The number of ether oxygens (including phenoxy) is 3. The van der Waals surface area contributed by atoms with Crippen molar-refractivity contribution in [1.29, 1.82) is 0 Å². The number of hydrogen-bond donors (Lipinski definition) is 2. The van der Waals surface area contributed by atoms with Crippen molar-refractivity contribution in [3.63, 3.8) is 0 Å². The zero-order chi connectivity index (χ0) is 24.9. The highest BCUT2D eigenvalue weighted by molar-refractivity contribution is 7.77. The summed E-state index contributed by atoms with van der Waals surface area (Å²) in [5.74, 6) is 1.72. The molecule has 35 heavy (non-hydrogen) atoms. The van der Waals surface area contributed by atoms with Crippen LogP contribution in [0.5, 0.6) is 17.4 Å². The first kappa shape index (κ1) is 24.5. The van der Waals surface area contributed by atoms with Crippen LogP contribution in [0.3, 0.4) is 0 Å². The van der Waals surface area contributed by atoms with Crippen LogP contribution in [0.25, 0.3) is 28.5 Å². The molecule has 0 aliphatic heterocycles. The molecule has 2 N–H and O–H groups in total. The highest BCUT2D eigenvalue weighted by Gasteiger charge is 2.25. The molecule has 1 atom stereocenters. The second-order valence-corrected chi connectivity index (χ2v) is 7.81. The van der Waals surface area contributed by atoms with Crippen LogP contribution in [0.15, 0.2) is 36.4 Å². The average Bonchev–Trinajstić information content (AvgIpc) is 3.24. The Bertz CT molecular complexity index is 1360. The first-order valence-electron chi connectivity index (χ1n) is 10.5. The molecule has 0 aliphatic rings. The van der Waals surface area contributed by atoms with E-state index in [0.717, 1.165) is 0 Å². The lowest BCUT2D eigenvalue weighted by molar-refractivity contribution is 0.275. The van der Waals surface area contributed by atoms with Gasteiger partial charge in [0.1, 0.15) is 22.9 Å². The molecule has 1 unspecified atom stereocenters. The Morgan fingerprint density at radius 3 is 2.37 bits per heavy atom. The monoisotopic (exact) mass is 499 g/mol. The molecule has 3 aromatic heterocycles. The van der Waals surface area contributed by atoms with Crippen molar-refractivity contribution in [2.24, 2.45) is 0 Å². The number of aliphatic hydroxyl groups excluding tert-OH is 1. The zero-order valence-electron chi connectivity index (χ0n) is 19.2. The Morgan fingerprint density at radius 1 is 1.03 bits per heavy atom. The fraction of sp³-hybridized carbons (Fsp3) is 0.273. The van der Waals surface area contributed by atoms with Crippen molar-refractivity contribution >= 4 is 22.6 Å². The summed E-state index contributed by atoms with van der Waals surface area (Å²) in [6.07, 6.45) is 0. The molecule has 0 saturated heterocycles. The van der Waals surface area contributed by atoms with Crippen molar-refractivity contribution in [2.75, 3.05) is 20.8 Å². The fourth-order valence-electron chi connectivity index (χ4n) is 3.56. The number of pyridine rings is 1. The molecular weight excluding hydrogens is 476 g/mol. The van der Waals surface area contributed by atoms with Crippen molar-refractivity contribution in [2.45, 2.75) is 20.1 Å². The number of fused-ring (bicyclic) bond motifs is 1. The van der Waals surface area contributed by atoms with Crippen LogP contribution in [-0.2, 0) is 24.4 Å². The van der Waals surface area contributed by atoms with Gasteiger partial charge in [0.2, 0.25) is 5.88 Å². The van der Waals surface area contributed by atoms with Crippen LogP contribution >= 0.6 is 0 Å². The predicted octanol–water partition coefficient (Wildman–Crippen LogP) is 1.67. The first-order chi connectivity index (χ1) is 17.0. The second kappa shape index (κ2) is 10.7. The van der Waals surface area contributed by atoms with Gasteiger partial charge in [-0.25, -0.2) is 24.7 Å². The highest BCUT2D eigenvalue weighted by atomic mass is 32.2. The summed E-state index contributed by atoms with van der Waals surface area (Å²) >= 11 is -2.53. The number of nitrogens with one attached hydrogen (secondary N) is 1. The molecule has 0 radical (unpaired) electrons. The minimum atomic E-state index is -2.53. The van der Waals surface area contributed by atoms with Gasteiger partial charge in [-0.15, -0.1) is 0 Å². The summed E-state index contributed by atoms with van der Waals surface area (Å²) in [5.41, 5.74) is 1.90. The Labute approximate surface area is 203 Å². The zero-order valence-corrected chi connectivity index (χ0v) is 20.0. The molecular formula is C22H23N6O6S-. The molecule has 4 rings (SSSR count). The standard InChI is InChI=1S/C22H24N6O6S/c1-4-34-18-10-5-7-13(24-18)21-27-20-22(26-14(11-23-35(30)31)15(12-29)25-20)28(21)19-16(32-2)8-6-9-17(19)33-3/h5-10,23,29H,4,11-12H2,1-3H3,(H,30,31)/p-1. The normalized spacial score (nSPS) is 12.0. The first-order valence-corrected chi connectivity index (χ1v) is 11.6. The van der Waals surface area contributed by atoms with E-state index in [2.05, 4.69) is 24.7 Å². The van der Waals surface area contributed by atoms with Gasteiger partial charge >= 0.3 is 0 Å². The summed E-state index contributed by atoms with van der Waals surface area (Å²) in [5, 5.41) is 9.83. The van der Waals surface area contributed by atoms with E-state index >= 15 is 0 Å². The van der Waals surface area contributed by atoms with Gasteiger partial charge in [0.25, 0.3) is 0 Å². The number of nitrogens with zero attached hydrogens (tertiary/aromatic N) is 5. The van der Waals surface area contributed by atoms with E-state index in [0.29, 0.717) is 41.2 Å². The van der Waals surface area contributed by atoms with E-state index in [4.69, 9.17) is 14.2 Å². The lowest BCUT2D eigenvalue weighted by Crippen LogP contribution is -2.19. The summed E-state index contributed by atoms with van der Waals surface area (Å²) in [4.78, 5) is 18.3. The van der Waals surface area contributed by atoms with E-state index in [1.54, 1.807) is 41.0 Å². The maximum absolute atomic E-state index is 11.1. The maximum atomic E-state index is 11.1. The third kappa shape index (κ3) is 4.93. The summed E-state index contributed by atoms with van der Waals surface area (Å²) in [6, 6.07) is 10.6. The number of aromatic nitrogens is 5. The van der Waals surface area contributed by atoms with Gasteiger partial charge in [-0.1, -0.05) is 12.1 Å². The minimum Gasteiger partial charge on any atom is -0.760 e. The van der Waals surface area contributed by atoms with Crippen LogP contribution in [0.1, 0.15) is 18.3 Å². The molecule has 4 aromatic rings. The van der Waals surface area contributed by atoms with Gasteiger partial charge in [0, 0.05) is 17.3 Å². The predicted molar refractivity (Wildman–Crippen MR) is 126 cm³/mol. The second-order valence-electron chi connectivity index (χ2n) is 7.05. The summed E-state index contributed by atoms with van der Waals surface area (Å²) in [7, 11) is 3.05. The third-order valence-electron chi connectivity index (χ3n) is 5.03. The Hall–Kier alpha value is -3.65. The molecule has 184 valence electrons. The number of para-hydroxylation sites is 1. The SMILES string of the molecule is CCOc1cccc(-c2nc3nc(CO)c(CNS(=O)[O-])nc3n2-c2c(OC)cccc2OC)n1. The minimum absolute atomic E-state index is 0.170. The van der Waals surface area contributed by atoms with Crippen LogP contribution in [0, 0.1) is 0 Å². The summed E-state index contributed by atoms with van der Waals surface area (Å²) in [6.45, 7) is 1.67. The molecule has 13 heteroatoms. The van der Waals surface area contributed by atoms with Gasteiger partial charge in [-0.05, 0) is 25.1 Å². The van der Waals surface area contributed by atoms with Crippen molar-refractivity contribution < 1.29 is 28.1 Å². The quantitative estimate of drug-likeness (QED) is 0.308. The molecule has 3 heterocycles. The molecule has 0 aliphatic carbocycles. The number of hydrogen-bond acceptors (Lipinski definition) is 10. The van der Waals surface area contributed by atoms with Crippen LogP contribution in [0.4, 0.5) is 0 Å². The maximum Gasteiger partial charge on any atom is 0.213 e. The number of benzene rings is 1. The smallest absolute Gasteiger partial charge is 0.213 e. The van der Waals surface area contributed by atoms with E-state index in [-0.39, 0.29) is 29.2 Å². The molecule has 0 fully saturated rings. The number of imidazole rings is 1. The van der Waals surface area contributed by atoms with Gasteiger partial charge in [-0.2, -0.15) is 0 Å². The van der Waals surface area contributed by atoms with E-state index < -0.39 is 17.9 Å². The Balaban J connectivity index is 2.06. The molecule has 0 amide bonds. The largest absolute Gasteiger partial charge is 0.760 e. The number of methoxy groups -OCH3 is 2. The number of aliphatic hydroxyl groups is 1. The molecule has 0 saturated carbocycles. The van der Waals surface area contributed by atoms with Crippen LogP contribution in [-0.4, -0.2) is 59.2 Å². The van der Waals surface area contributed by atoms with Crippen molar-refractivity contribution in [3.05, 3.63) is 47.8 Å². The van der Waals surface area contributed by atoms with Gasteiger partial charge in [-0.3, -0.25) is 8.78 Å². The molecule has 12 nitrogen and oxygen atoms in total. The average molecular weight is 500 g/mol. The fourth-order valence-corrected chi connectivity index (χ4v) is 3.81. The highest BCUT2D eigenvalue weighted by Crippen LogP contribution is 2.38. The van der Waals surface area contributed by atoms with Crippen LogP contribution < -0.4 is 18.9 Å². The Morgan fingerprint density at radius 2 is 1.74 bits per heavy atom. The molecule has 0 bridgehead atoms. The third-order valence-corrected chi connectivity index (χ3v) is 5.41. The van der Waals surface area contributed by atoms with Crippen molar-refractivity contribution in [1.82, 2.24) is 29.2 Å². The summed E-state index contributed by atoms with van der Waals surface area (Å²) < 4.78 is 42.9.